The highest BCUT2D eigenvalue weighted by Gasteiger charge is 2.22. The summed E-state index contributed by atoms with van der Waals surface area (Å²) in [4.78, 5) is 11.6. The average Bonchev–Trinajstić information content (AvgIpc) is 2.36. The molecule has 4 heteroatoms. The monoisotopic (exact) mass is 270 g/mol. The van der Waals surface area contributed by atoms with Crippen LogP contribution in [0.15, 0.2) is 36.4 Å². The van der Waals surface area contributed by atoms with E-state index in [2.05, 4.69) is 6.58 Å². The second kappa shape index (κ2) is 6.55. The predicted molar refractivity (Wildman–Crippen MR) is 70.3 cm³/mol. The summed E-state index contributed by atoms with van der Waals surface area (Å²) in [5.74, 6) is -0.711. The minimum absolute atomic E-state index is 0.211. The van der Waals surface area contributed by atoms with E-state index in [1.807, 2.05) is 6.92 Å². The van der Waals surface area contributed by atoms with Crippen molar-refractivity contribution in [1.29, 1.82) is 0 Å². The second-order valence-corrected chi connectivity index (χ2v) is 4.50. The lowest BCUT2D eigenvalue weighted by atomic mass is 10.0. The van der Waals surface area contributed by atoms with E-state index < -0.39 is 12.1 Å². The molecular formula is C14H16ClFO2. The van der Waals surface area contributed by atoms with Crippen molar-refractivity contribution in [3.05, 3.63) is 47.0 Å². The largest absolute Gasteiger partial charge is 0.459 e. The van der Waals surface area contributed by atoms with Crippen molar-refractivity contribution >= 4 is 17.6 Å². The first-order valence-corrected chi connectivity index (χ1v) is 6.12. The third-order valence-electron chi connectivity index (χ3n) is 2.59. The minimum atomic E-state index is -1.60. The zero-order valence-electron chi connectivity index (χ0n) is 10.5. The van der Waals surface area contributed by atoms with E-state index in [1.165, 1.54) is 6.07 Å². The van der Waals surface area contributed by atoms with Crippen LogP contribution in [-0.2, 0) is 9.53 Å². The molecule has 0 aliphatic carbocycles. The number of hydrogen-bond acceptors (Lipinski definition) is 2. The molecule has 0 saturated heterocycles. The number of carbonyl (C=O) groups is 1. The van der Waals surface area contributed by atoms with Crippen molar-refractivity contribution in [2.75, 3.05) is 0 Å². The Balaban J connectivity index is 2.75. The Labute approximate surface area is 111 Å². The topological polar surface area (TPSA) is 26.3 Å². The Morgan fingerprint density at radius 1 is 1.56 bits per heavy atom. The number of carbonyl (C=O) groups excluding carboxylic acids is 1. The number of alkyl halides is 1. The van der Waals surface area contributed by atoms with Crippen molar-refractivity contribution in [2.24, 2.45) is 0 Å². The molecule has 0 spiro atoms. The Kier molecular flexibility index (Phi) is 5.35. The van der Waals surface area contributed by atoms with Gasteiger partial charge in [0.25, 0.3) is 0 Å². The summed E-state index contributed by atoms with van der Waals surface area (Å²) in [6.07, 6.45) is -1.17. The first-order valence-electron chi connectivity index (χ1n) is 5.75. The highest BCUT2D eigenvalue weighted by atomic mass is 35.5. The fraction of sp³-hybridized carbons (Fsp3) is 0.357. The lowest BCUT2D eigenvalue weighted by Gasteiger charge is -2.15. The lowest BCUT2D eigenvalue weighted by Crippen LogP contribution is -2.17. The van der Waals surface area contributed by atoms with Crippen LogP contribution < -0.4 is 0 Å². The van der Waals surface area contributed by atoms with Crippen molar-refractivity contribution in [3.8, 4) is 0 Å². The summed E-state index contributed by atoms with van der Waals surface area (Å²) < 4.78 is 19.1. The average molecular weight is 271 g/mol. The van der Waals surface area contributed by atoms with Gasteiger partial charge in [-0.1, -0.05) is 37.2 Å². The van der Waals surface area contributed by atoms with Gasteiger partial charge in [-0.15, -0.1) is 0 Å². The molecule has 18 heavy (non-hydrogen) atoms. The van der Waals surface area contributed by atoms with Gasteiger partial charge in [-0.3, -0.25) is 0 Å². The predicted octanol–water partition coefficient (Wildman–Crippen LogP) is 4.25. The van der Waals surface area contributed by atoms with Crippen molar-refractivity contribution in [1.82, 2.24) is 0 Å². The highest BCUT2D eigenvalue weighted by Crippen LogP contribution is 2.27. The van der Waals surface area contributed by atoms with Gasteiger partial charge >= 0.3 is 5.97 Å². The van der Waals surface area contributed by atoms with Gasteiger partial charge < -0.3 is 4.74 Å². The van der Waals surface area contributed by atoms with Crippen LogP contribution in [0.3, 0.4) is 0 Å². The van der Waals surface area contributed by atoms with Gasteiger partial charge in [-0.2, -0.15) is 0 Å². The fourth-order valence-electron chi connectivity index (χ4n) is 1.31. The fourth-order valence-corrected chi connectivity index (χ4v) is 1.51. The maximum Gasteiger partial charge on any atom is 0.336 e. The van der Waals surface area contributed by atoms with Crippen LogP contribution in [0.1, 0.15) is 32.0 Å². The van der Waals surface area contributed by atoms with Crippen LogP contribution >= 0.6 is 11.6 Å². The summed E-state index contributed by atoms with van der Waals surface area (Å²) in [5.41, 5.74) is 0.0890. The van der Waals surface area contributed by atoms with E-state index in [9.17, 15) is 9.18 Å². The van der Waals surface area contributed by atoms with Gasteiger partial charge in [-0.05, 0) is 31.0 Å². The van der Waals surface area contributed by atoms with E-state index >= 15 is 0 Å². The van der Waals surface area contributed by atoms with Crippen LogP contribution in [0.5, 0.6) is 0 Å². The molecule has 2 nitrogen and oxygen atoms in total. The molecule has 0 aliphatic rings. The molecular weight excluding hydrogens is 255 g/mol. The Hall–Kier alpha value is -1.35. The molecule has 0 saturated carbocycles. The molecule has 0 aromatic heterocycles. The molecule has 0 aliphatic heterocycles. The summed E-state index contributed by atoms with van der Waals surface area (Å²) in [5, 5.41) is 0.415. The molecule has 0 amide bonds. The van der Waals surface area contributed by atoms with Gasteiger partial charge in [0.15, 0.2) is 6.17 Å². The number of esters is 1. The van der Waals surface area contributed by atoms with Crippen molar-refractivity contribution < 1.29 is 13.9 Å². The Morgan fingerprint density at radius 2 is 2.22 bits per heavy atom. The summed E-state index contributed by atoms with van der Waals surface area (Å²) in [7, 11) is 0. The molecule has 2 atom stereocenters. The third-order valence-corrected chi connectivity index (χ3v) is 2.83. The molecule has 0 N–H and O–H groups in total. The van der Waals surface area contributed by atoms with Crippen LogP contribution in [-0.4, -0.2) is 12.1 Å². The number of hydrogen-bond donors (Lipinski definition) is 0. The Bertz CT molecular complexity index is 445. The van der Waals surface area contributed by atoms with E-state index in [0.717, 1.165) is 0 Å². The number of rotatable bonds is 5. The highest BCUT2D eigenvalue weighted by molar-refractivity contribution is 6.30. The molecule has 0 heterocycles. The van der Waals surface area contributed by atoms with Crippen LogP contribution in [0.2, 0.25) is 5.02 Å². The normalized spacial score (nSPS) is 13.8. The smallest absolute Gasteiger partial charge is 0.336 e. The zero-order valence-corrected chi connectivity index (χ0v) is 11.2. The second-order valence-electron chi connectivity index (χ2n) is 4.07. The van der Waals surface area contributed by atoms with E-state index in [4.69, 9.17) is 16.3 Å². The maximum absolute atomic E-state index is 14.1. The van der Waals surface area contributed by atoms with E-state index in [0.29, 0.717) is 17.0 Å². The van der Waals surface area contributed by atoms with Crippen molar-refractivity contribution in [2.45, 2.75) is 32.5 Å². The zero-order chi connectivity index (χ0) is 13.7. The van der Waals surface area contributed by atoms with Gasteiger partial charge in [0.2, 0.25) is 0 Å². The standard InChI is InChI=1S/C14H16ClFO2/c1-4-9(2)18-14(17)10(3)13(16)11-6-5-7-12(15)8-11/h5-9,13H,3-4H2,1-2H3. The molecule has 0 bridgehead atoms. The summed E-state index contributed by atoms with van der Waals surface area (Å²) in [6.45, 7) is 7.08. The summed E-state index contributed by atoms with van der Waals surface area (Å²) >= 11 is 5.77. The van der Waals surface area contributed by atoms with Gasteiger partial charge in [0, 0.05) is 5.02 Å². The molecule has 1 rings (SSSR count). The number of halogens is 2. The Morgan fingerprint density at radius 3 is 2.78 bits per heavy atom. The minimum Gasteiger partial charge on any atom is -0.459 e. The first kappa shape index (κ1) is 14.7. The van der Waals surface area contributed by atoms with Crippen LogP contribution in [0.4, 0.5) is 4.39 Å². The number of benzene rings is 1. The van der Waals surface area contributed by atoms with Gasteiger partial charge in [0.05, 0.1) is 11.7 Å². The maximum atomic E-state index is 14.1. The molecule has 2 unspecified atom stereocenters. The molecule has 1 aromatic carbocycles. The van der Waals surface area contributed by atoms with E-state index in [-0.39, 0.29) is 11.7 Å². The molecule has 98 valence electrons. The van der Waals surface area contributed by atoms with Gasteiger partial charge in [-0.25, -0.2) is 9.18 Å². The van der Waals surface area contributed by atoms with Crippen LogP contribution in [0.25, 0.3) is 0 Å². The third kappa shape index (κ3) is 3.84. The van der Waals surface area contributed by atoms with Crippen LogP contribution in [0, 0.1) is 0 Å². The van der Waals surface area contributed by atoms with Crippen molar-refractivity contribution in [3.63, 3.8) is 0 Å². The lowest BCUT2D eigenvalue weighted by molar-refractivity contribution is -0.144. The molecule has 1 aromatic rings. The molecule has 0 fully saturated rings. The quantitative estimate of drug-likeness (QED) is 0.591. The first-order chi connectivity index (χ1) is 8.45. The SMILES string of the molecule is C=C(C(=O)OC(C)CC)C(F)c1cccc(Cl)c1. The van der Waals surface area contributed by atoms with Gasteiger partial charge in [0.1, 0.15) is 0 Å². The number of ether oxygens (including phenoxy) is 1. The summed E-state index contributed by atoms with van der Waals surface area (Å²) in [6, 6.07) is 6.28. The van der Waals surface area contributed by atoms with E-state index in [1.54, 1.807) is 25.1 Å². The molecule has 0 radical (unpaired) electrons.